The molecule has 1 aromatic rings. The van der Waals surface area contributed by atoms with Gasteiger partial charge in [0.1, 0.15) is 0 Å². The number of allylic oxidation sites excluding steroid dienone is 5. The van der Waals surface area contributed by atoms with Crippen LogP contribution in [0.15, 0.2) is 65.8 Å². The van der Waals surface area contributed by atoms with E-state index in [-0.39, 0.29) is 11.7 Å². The van der Waals surface area contributed by atoms with Crippen molar-refractivity contribution in [3.63, 3.8) is 0 Å². The first kappa shape index (κ1) is 22.8. The first-order valence-electron chi connectivity index (χ1n) is 10.7. The maximum absolute atomic E-state index is 12.2. The minimum absolute atomic E-state index is 0.0906. The van der Waals surface area contributed by atoms with Gasteiger partial charge in [0.15, 0.2) is 5.78 Å². The largest absolute Gasteiger partial charge is 0.389 e. The number of hydrogen-bond acceptors (Lipinski definition) is 3. The Labute approximate surface area is 174 Å². The van der Waals surface area contributed by atoms with Gasteiger partial charge in [-0.15, -0.1) is 0 Å². The van der Waals surface area contributed by atoms with E-state index in [4.69, 9.17) is 0 Å². The summed E-state index contributed by atoms with van der Waals surface area (Å²) < 4.78 is 0. The number of amides is 1. The zero-order valence-electron chi connectivity index (χ0n) is 17.4. The highest BCUT2D eigenvalue weighted by Gasteiger charge is 2.20. The van der Waals surface area contributed by atoms with E-state index in [2.05, 4.69) is 17.4 Å². The van der Waals surface area contributed by atoms with Gasteiger partial charge in [0.25, 0.3) is 0 Å². The monoisotopic (exact) mass is 395 g/mol. The second kappa shape index (κ2) is 12.9. The fourth-order valence-electron chi connectivity index (χ4n) is 3.43. The lowest BCUT2D eigenvalue weighted by molar-refractivity contribution is -0.121. The van der Waals surface area contributed by atoms with E-state index in [1.54, 1.807) is 0 Å². The van der Waals surface area contributed by atoms with Crippen molar-refractivity contribution in [1.29, 1.82) is 0 Å². The number of benzene rings is 1. The Morgan fingerprint density at radius 1 is 1.21 bits per heavy atom. The third kappa shape index (κ3) is 8.61. The number of ketones is 1. The Kier molecular flexibility index (Phi) is 10.1. The molecule has 0 heterocycles. The molecule has 0 saturated carbocycles. The Hall–Kier alpha value is -2.46. The van der Waals surface area contributed by atoms with Gasteiger partial charge in [0, 0.05) is 25.0 Å². The molecule has 156 valence electrons. The van der Waals surface area contributed by atoms with Crippen molar-refractivity contribution in [2.45, 2.75) is 64.4 Å². The molecule has 1 amide bonds. The van der Waals surface area contributed by atoms with Crippen LogP contribution >= 0.6 is 0 Å². The molecule has 1 aromatic carbocycles. The highest BCUT2D eigenvalue weighted by molar-refractivity contribution is 5.99. The van der Waals surface area contributed by atoms with Gasteiger partial charge in [0.05, 0.1) is 6.10 Å². The van der Waals surface area contributed by atoms with Gasteiger partial charge in [-0.2, -0.15) is 0 Å². The number of unbranched alkanes of at least 4 members (excludes halogenated alkanes) is 1. The topological polar surface area (TPSA) is 66.4 Å². The fraction of sp³-hybridized carbons (Fsp3) is 0.440. The van der Waals surface area contributed by atoms with Crippen molar-refractivity contribution in [1.82, 2.24) is 5.32 Å². The average Bonchev–Trinajstić information content (AvgIpc) is 3.08. The molecule has 4 heteroatoms. The van der Waals surface area contributed by atoms with Gasteiger partial charge in [-0.1, -0.05) is 54.6 Å². The van der Waals surface area contributed by atoms with Crippen molar-refractivity contribution in [3.05, 3.63) is 71.3 Å². The molecule has 4 nitrogen and oxygen atoms in total. The van der Waals surface area contributed by atoms with E-state index in [1.165, 1.54) is 5.56 Å². The van der Waals surface area contributed by atoms with Crippen LogP contribution in [0.4, 0.5) is 0 Å². The summed E-state index contributed by atoms with van der Waals surface area (Å²) in [5, 5.41) is 13.0. The molecule has 29 heavy (non-hydrogen) atoms. The second-order valence-corrected chi connectivity index (χ2v) is 7.40. The van der Waals surface area contributed by atoms with Crippen molar-refractivity contribution >= 4 is 11.7 Å². The maximum Gasteiger partial charge on any atom is 0.219 e. The summed E-state index contributed by atoms with van der Waals surface area (Å²) in [6.45, 7) is 2.58. The third-order valence-electron chi connectivity index (χ3n) is 5.07. The molecule has 0 radical (unpaired) electrons. The number of aryl methyl sites for hydroxylation is 1. The van der Waals surface area contributed by atoms with E-state index >= 15 is 0 Å². The highest BCUT2D eigenvalue weighted by Crippen LogP contribution is 2.27. The van der Waals surface area contributed by atoms with Gasteiger partial charge in [-0.05, 0) is 56.6 Å². The Morgan fingerprint density at radius 3 is 2.76 bits per heavy atom. The van der Waals surface area contributed by atoms with E-state index in [0.29, 0.717) is 32.2 Å². The van der Waals surface area contributed by atoms with E-state index in [9.17, 15) is 14.7 Å². The van der Waals surface area contributed by atoms with Crippen LogP contribution < -0.4 is 5.32 Å². The fourth-order valence-corrected chi connectivity index (χ4v) is 3.43. The maximum atomic E-state index is 12.2. The van der Waals surface area contributed by atoms with Gasteiger partial charge in [-0.25, -0.2) is 0 Å². The molecule has 2 rings (SSSR count). The summed E-state index contributed by atoms with van der Waals surface area (Å²) in [5.74, 6) is 0.295. The first-order valence-corrected chi connectivity index (χ1v) is 10.7. The van der Waals surface area contributed by atoms with Crippen LogP contribution in [0.2, 0.25) is 0 Å². The van der Waals surface area contributed by atoms with Crippen molar-refractivity contribution in [2.75, 3.05) is 6.54 Å². The lowest BCUT2D eigenvalue weighted by Gasteiger charge is -2.06. The van der Waals surface area contributed by atoms with Crippen LogP contribution in [0.3, 0.4) is 0 Å². The Morgan fingerprint density at radius 2 is 2.00 bits per heavy atom. The zero-order chi connectivity index (χ0) is 20.9. The van der Waals surface area contributed by atoms with Crippen molar-refractivity contribution < 1.29 is 14.7 Å². The van der Waals surface area contributed by atoms with E-state index < -0.39 is 6.10 Å². The Bertz CT molecular complexity index is 747. The second-order valence-electron chi connectivity index (χ2n) is 7.40. The molecule has 2 N–H and O–H groups in total. The first-order chi connectivity index (χ1) is 14.1. The quantitative estimate of drug-likeness (QED) is 0.406. The lowest BCUT2D eigenvalue weighted by atomic mass is 10.0. The molecule has 0 bridgehead atoms. The molecule has 0 saturated heterocycles. The van der Waals surface area contributed by atoms with Crippen LogP contribution in [-0.4, -0.2) is 29.4 Å². The van der Waals surface area contributed by atoms with E-state index in [0.717, 1.165) is 36.8 Å². The number of Topliss-reactive ketones (excluding diaryl/α,β-unsaturated/α-hetero) is 1. The van der Waals surface area contributed by atoms with Gasteiger partial charge in [0.2, 0.25) is 5.91 Å². The number of aliphatic hydroxyl groups excluding tert-OH is 1. The number of nitrogens with one attached hydrogen (secondary N) is 1. The van der Waals surface area contributed by atoms with Crippen LogP contribution in [0.1, 0.15) is 57.4 Å². The summed E-state index contributed by atoms with van der Waals surface area (Å²) in [7, 11) is 0. The molecule has 0 unspecified atom stereocenters. The van der Waals surface area contributed by atoms with Crippen LogP contribution in [-0.2, 0) is 16.0 Å². The van der Waals surface area contributed by atoms with Crippen molar-refractivity contribution in [3.8, 4) is 0 Å². The molecule has 1 aliphatic carbocycles. The molecule has 1 atom stereocenters. The lowest BCUT2D eigenvalue weighted by Crippen LogP contribution is -2.21. The molecular formula is C25H33NO3. The zero-order valence-corrected chi connectivity index (χ0v) is 17.4. The van der Waals surface area contributed by atoms with Crippen molar-refractivity contribution in [2.24, 2.45) is 0 Å². The third-order valence-corrected chi connectivity index (χ3v) is 5.07. The molecule has 0 spiro atoms. The number of carbonyl (C=O) groups is 2. The Balaban J connectivity index is 1.79. The highest BCUT2D eigenvalue weighted by atomic mass is 16.3. The number of carbonyl (C=O) groups excluding carboxylic acids is 2. The summed E-state index contributed by atoms with van der Waals surface area (Å²) in [5.41, 5.74) is 3.12. The number of aliphatic hydroxyl groups is 1. The van der Waals surface area contributed by atoms with Gasteiger partial charge >= 0.3 is 0 Å². The van der Waals surface area contributed by atoms with Crippen LogP contribution in [0.5, 0.6) is 0 Å². The number of hydrogen-bond donors (Lipinski definition) is 2. The molecular weight excluding hydrogens is 362 g/mol. The standard InChI is InChI=1S/C25H33NO3/c1-2-26-25(29)13-9-4-3-8-12-23-21(16-19-24(23)28)15-18-22(27)17-14-20-10-6-5-7-11-20/h3,5-8,10-11,15,18,22,27H,2,4,9,12-14,16-17,19H2,1H3,(H,26,29)/b8-3?,18-15+/t22-/m0/s1. The summed E-state index contributed by atoms with van der Waals surface area (Å²) in [6, 6.07) is 10.1. The van der Waals surface area contributed by atoms with E-state index in [1.807, 2.05) is 49.4 Å². The SMILES string of the molecule is CCNC(=O)CCCC=CCC1=C(/C=C/[C@@H](O)CCc2ccccc2)CCC1=O. The summed E-state index contributed by atoms with van der Waals surface area (Å²) in [6.07, 6.45) is 12.9. The normalized spacial score (nSPS) is 15.6. The minimum Gasteiger partial charge on any atom is -0.389 e. The molecule has 0 fully saturated rings. The van der Waals surface area contributed by atoms with Gasteiger partial charge in [-0.3, -0.25) is 9.59 Å². The minimum atomic E-state index is -0.510. The predicted octanol–water partition coefficient (Wildman–Crippen LogP) is 4.45. The van der Waals surface area contributed by atoms with Crippen LogP contribution in [0.25, 0.3) is 0 Å². The summed E-state index contributed by atoms with van der Waals surface area (Å²) >= 11 is 0. The molecule has 1 aliphatic rings. The average molecular weight is 396 g/mol. The summed E-state index contributed by atoms with van der Waals surface area (Å²) in [4.78, 5) is 23.6. The van der Waals surface area contributed by atoms with Crippen LogP contribution in [0, 0.1) is 0 Å². The molecule has 0 aromatic heterocycles. The number of rotatable bonds is 12. The van der Waals surface area contributed by atoms with Gasteiger partial charge < -0.3 is 10.4 Å². The molecule has 0 aliphatic heterocycles. The smallest absolute Gasteiger partial charge is 0.219 e. The predicted molar refractivity (Wildman–Crippen MR) is 117 cm³/mol.